The van der Waals surface area contributed by atoms with Crippen molar-refractivity contribution in [2.75, 3.05) is 51.7 Å². The van der Waals surface area contributed by atoms with Gasteiger partial charge in [-0.1, -0.05) is 11.6 Å². The van der Waals surface area contributed by atoms with Gasteiger partial charge in [-0.05, 0) is 49.2 Å². The number of aromatic nitrogens is 1. The van der Waals surface area contributed by atoms with Gasteiger partial charge in [0.25, 0.3) is 11.7 Å². The minimum atomic E-state index is -0.112. The molecule has 1 saturated heterocycles. The second kappa shape index (κ2) is 10.9. The summed E-state index contributed by atoms with van der Waals surface area (Å²) < 4.78 is 16.2. The van der Waals surface area contributed by atoms with Gasteiger partial charge in [0.15, 0.2) is 11.5 Å². The third-order valence-electron chi connectivity index (χ3n) is 6.83. The van der Waals surface area contributed by atoms with Gasteiger partial charge >= 0.3 is 0 Å². The average molecular weight is 513 g/mol. The Labute approximate surface area is 215 Å². The fourth-order valence-corrected chi connectivity index (χ4v) is 5.09. The van der Waals surface area contributed by atoms with Gasteiger partial charge in [-0.25, -0.2) is 4.98 Å². The molecule has 8 nitrogen and oxygen atoms in total. The monoisotopic (exact) mass is 512 g/mol. The molecule has 3 heterocycles. The summed E-state index contributed by atoms with van der Waals surface area (Å²) in [6.07, 6.45) is 2.00. The van der Waals surface area contributed by atoms with E-state index in [1.165, 1.54) is 0 Å². The highest BCUT2D eigenvalue weighted by Gasteiger charge is 2.30. The van der Waals surface area contributed by atoms with E-state index in [1.54, 1.807) is 30.2 Å². The lowest BCUT2D eigenvalue weighted by atomic mass is 9.98. The topological polar surface area (TPSA) is 85.6 Å². The standard InChI is InChI=1S/C27H30ClN3O5/c1-34-10-9-31(27(33)20-5-7-24-25(12-20)36-17-35-24)15-21-11-19-4-6-22(28)13-23(19)29-26(21)30-8-2-3-18(14-30)16-32/h4-7,11-13,18,32H,2-3,8-10,14-17H2,1H3/p+1. The van der Waals surface area contributed by atoms with Crippen LogP contribution in [0.25, 0.3) is 10.9 Å². The van der Waals surface area contributed by atoms with E-state index in [2.05, 4.69) is 16.0 Å². The van der Waals surface area contributed by atoms with E-state index >= 15 is 0 Å². The number of benzene rings is 2. The van der Waals surface area contributed by atoms with Gasteiger partial charge in [-0.2, -0.15) is 0 Å². The molecule has 1 aromatic heterocycles. The zero-order valence-electron chi connectivity index (χ0n) is 20.3. The number of amides is 1. The number of rotatable bonds is 8. The number of fused-ring (bicyclic) bond motifs is 2. The maximum Gasteiger partial charge on any atom is 0.279 e. The van der Waals surface area contributed by atoms with Crippen molar-refractivity contribution in [3.63, 3.8) is 0 Å². The van der Waals surface area contributed by atoms with Crippen molar-refractivity contribution in [2.45, 2.75) is 19.4 Å². The Balaban J connectivity index is 1.51. The molecule has 190 valence electrons. The molecular weight excluding hydrogens is 482 g/mol. The van der Waals surface area contributed by atoms with E-state index in [4.69, 9.17) is 25.8 Å². The first-order valence-electron chi connectivity index (χ1n) is 12.2. The maximum atomic E-state index is 13.6. The third-order valence-corrected chi connectivity index (χ3v) is 7.06. The number of halogens is 1. The van der Waals surface area contributed by atoms with Crippen LogP contribution in [0.4, 0.5) is 5.82 Å². The molecule has 1 fully saturated rings. The van der Waals surface area contributed by atoms with Gasteiger partial charge in [0.05, 0.1) is 31.8 Å². The minimum absolute atomic E-state index is 0.112. The summed E-state index contributed by atoms with van der Waals surface area (Å²) in [7, 11) is 1.63. The van der Waals surface area contributed by atoms with Gasteiger partial charge in [-0.15, -0.1) is 0 Å². The van der Waals surface area contributed by atoms with E-state index in [-0.39, 0.29) is 25.2 Å². The Morgan fingerprint density at radius 3 is 2.92 bits per heavy atom. The minimum Gasteiger partial charge on any atom is -0.454 e. The Morgan fingerprint density at radius 2 is 2.08 bits per heavy atom. The van der Waals surface area contributed by atoms with Crippen molar-refractivity contribution in [1.29, 1.82) is 0 Å². The maximum absolute atomic E-state index is 13.6. The number of aliphatic hydroxyl groups excluding tert-OH is 1. The lowest BCUT2D eigenvalue weighted by Gasteiger charge is -2.29. The summed E-state index contributed by atoms with van der Waals surface area (Å²) in [6.45, 7) is 3.18. The molecule has 0 saturated carbocycles. The Kier molecular flexibility index (Phi) is 7.46. The fourth-order valence-electron chi connectivity index (χ4n) is 4.92. The summed E-state index contributed by atoms with van der Waals surface area (Å²) in [5, 5.41) is 11.5. The van der Waals surface area contributed by atoms with Crippen LogP contribution in [0.1, 0.15) is 28.8 Å². The second-order valence-electron chi connectivity index (χ2n) is 9.30. The summed E-state index contributed by atoms with van der Waals surface area (Å²) >= 11 is 6.28. The van der Waals surface area contributed by atoms with Gasteiger partial charge in [0, 0.05) is 48.2 Å². The predicted molar refractivity (Wildman–Crippen MR) is 137 cm³/mol. The van der Waals surface area contributed by atoms with E-state index < -0.39 is 0 Å². The first-order valence-corrected chi connectivity index (χ1v) is 12.6. The molecule has 2 aliphatic heterocycles. The smallest absolute Gasteiger partial charge is 0.279 e. The highest BCUT2D eigenvalue weighted by Crippen LogP contribution is 2.33. The van der Waals surface area contributed by atoms with Crippen LogP contribution < -0.4 is 19.4 Å². The quantitative estimate of drug-likeness (QED) is 0.497. The lowest BCUT2D eigenvalue weighted by molar-refractivity contribution is -0.331. The number of ether oxygens (including phenoxy) is 3. The third kappa shape index (κ3) is 5.21. The van der Waals surface area contributed by atoms with Crippen molar-refractivity contribution in [3.05, 3.63) is 58.6 Å². The van der Waals surface area contributed by atoms with Crippen molar-refractivity contribution in [3.8, 4) is 11.5 Å². The number of nitrogens with zero attached hydrogens (tertiary/aromatic N) is 2. The fraction of sp³-hybridized carbons (Fsp3) is 0.407. The van der Waals surface area contributed by atoms with Crippen LogP contribution in [-0.4, -0.2) is 62.7 Å². The highest BCUT2D eigenvalue weighted by molar-refractivity contribution is 6.31. The average Bonchev–Trinajstić information content (AvgIpc) is 3.38. The number of aromatic amines is 1. The van der Waals surface area contributed by atoms with Crippen LogP contribution in [0.2, 0.25) is 5.02 Å². The van der Waals surface area contributed by atoms with Crippen LogP contribution in [0.5, 0.6) is 11.5 Å². The SMILES string of the molecule is COCCN(Cc1cc2ccc(Cl)cc2[nH+]c1N1CCCC(CO)C1)C(=O)c1ccc2c(c1)OCO2. The summed E-state index contributed by atoms with van der Waals surface area (Å²) in [5.41, 5.74) is 2.46. The lowest BCUT2D eigenvalue weighted by Crippen LogP contribution is -2.41. The highest BCUT2D eigenvalue weighted by atomic mass is 35.5. The molecule has 0 spiro atoms. The van der Waals surface area contributed by atoms with Crippen molar-refractivity contribution < 1.29 is 29.1 Å². The molecule has 0 radical (unpaired) electrons. The number of methoxy groups -OCH3 is 1. The number of nitrogens with one attached hydrogen (secondary N) is 1. The van der Waals surface area contributed by atoms with E-state index in [0.29, 0.717) is 41.8 Å². The first kappa shape index (κ1) is 24.6. The number of hydrogen-bond acceptors (Lipinski definition) is 6. The molecule has 0 bridgehead atoms. The number of piperidine rings is 1. The molecule has 2 aromatic carbocycles. The van der Waals surface area contributed by atoms with Gasteiger partial charge in [0.2, 0.25) is 6.79 Å². The number of H-pyrrole nitrogens is 1. The number of carbonyl (C=O) groups is 1. The molecule has 5 rings (SSSR count). The number of carbonyl (C=O) groups excluding carboxylic acids is 1. The van der Waals surface area contributed by atoms with E-state index in [1.807, 2.05) is 18.2 Å². The number of aliphatic hydroxyl groups is 1. The molecule has 2 aliphatic rings. The van der Waals surface area contributed by atoms with Gasteiger partial charge < -0.3 is 24.2 Å². The normalized spacial score (nSPS) is 17.0. The molecule has 0 aliphatic carbocycles. The molecule has 1 atom stereocenters. The first-order chi connectivity index (χ1) is 17.6. The van der Waals surface area contributed by atoms with E-state index in [0.717, 1.165) is 48.2 Å². The molecular formula is C27H31ClN3O5+. The number of anilines is 1. The Morgan fingerprint density at radius 1 is 1.22 bits per heavy atom. The zero-order valence-corrected chi connectivity index (χ0v) is 21.1. The van der Waals surface area contributed by atoms with Crippen LogP contribution >= 0.6 is 11.6 Å². The van der Waals surface area contributed by atoms with Crippen LogP contribution in [0.3, 0.4) is 0 Å². The largest absolute Gasteiger partial charge is 0.454 e. The van der Waals surface area contributed by atoms with Gasteiger partial charge in [0.1, 0.15) is 5.52 Å². The molecule has 1 amide bonds. The van der Waals surface area contributed by atoms with Crippen molar-refractivity contribution >= 4 is 34.2 Å². The van der Waals surface area contributed by atoms with Crippen LogP contribution in [0.15, 0.2) is 42.5 Å². The molecule has 9 heteroatoms. The molecule has 3 aromatic rings. The Bertz CT molecular complexity index is 1250. The predicted octanol–water partition coefficient (Wildman–Crippen LogP) is 3.53. The Hall–Kier alpha value is -3.07. The summed E-state index contributed by atoms with van der Waals surface area (Å²) in [6, 6.07) is 13.1. The van der Waals surface area contributed by atoms with Crippen LogP contribution in [-0.2, 0) is 11.3 Å². The molecule has 2 N–H and O–H groups in total. The molecule has 36 heavy (non-hydrogen) atoms. The van der Waals surface area contributed by atoms with Crippen molar-refractivity contribution in [2.24, 2.45) is 5.92 Å². The summed E-state index contributed by atoms with van der Waals surface area (Å²) in [4.78, 5) is 21.3. The van der Waals surface area contributed by atoms with E-state index in [9.17, 15) is 9.90 Å². The second-order valence-corrected chi connectivity index (χ2v) is 9.74. The summed E-state index contributed by atoms with van der Waals surface area (Å²) in [5.74, 6) is 2.27. The van der Waals surface area contributed by atoms with Crippen molar-refractivity contribution in [1.82, 2.24) is 4.90 Å². The number of hydrogen-bond donors (Lipinski definition) is 1. The molecule has 1 unspecified atom stereocenters. The zero-order chi connectivity index (χ0) is 25.1. The van der Waals surface area contributed by atoms with Crippen LogP contribution in [0, 0.1) is 5.92 Å². The number of pyridine rings is 1. The van der Waals surface area contributed by atoms with Gasteiger partial charge in [-0.3, -0.25) is 9.69 Å².